The first-order valence-corrected chi connectivity index (χ1v) is 5.16. The molecular formula is C8H15N4NaO4. The molecule has 92 valence electrons. The van der Waals surface area contributed by atoms with E-state index in [2.05, 4.69) is 5.28 Å². The summed E-state index contributed by atoms with van der Waals surface area (Å²) < 4.78 is 4.85. The summed E-state index contributed by atoms with van der Waals surface area (Å²) in [5.41, 5.74) is 0. The quantitative estimate of drug-likeness (QED) is 0.235. The molecule has 0 unspecified atom stereocenters. The summed E-state index contributed by atoms with van der Waals surface area (Å²) in [5.74, 6) is 0. The number of amides is 1. The molecule has 0 N–H and O–H groups in total. The minimum Gasteiger partial charge on any atom is -0.737 e. The van der Waals surface area contributed by atoms with Crippen LogP contribution in [-0.2, 0) is 4.74 Å². The van der Waals surface area contributed by atoms with E-state index in [9.17, 15) is 15.2 Å². The molecule has 0 aromatic heterocycles. The SMILES string of the molecule is CCOC(=O)N1CCCN(/[N+]([O-])=N/[O-])CC1.[Na+]. The topological polar surface area (TPSA) is 94.3 Å². The maximum atomic E-state index is 11.4. The van der Waals surface area contributed by atoms with Gasteiger partial charge in [0.05, 0.1) is 19.7 Å². The molecular weight excluding hydrogens is 239 g/mol. The van der Waals surface area contributed by atoms with Gasteiger partial charge in [-0.05, 0) is 18.6 Å². The second kappa shape index (κ2) is 8.37. The van der Waals surface area contributed by atoms with Crippen LogP contribution >= 0.6 is 0 Å². The molecule has 1 amide bonds. The van der Waals surface area contributed by atoms with Gasteiger partial charge in [-0.1, -0.05) is 0 Å². The van der Waals surface area contributed by atoms with Gasteiger partial charge >= 0.3 is 35.7 Å². The molecule has 1 aliphatic rings. The maximum Gasteiger partial charge on any atom is 1.00 e. The van der Waals surface area contributed by atoms with Crippen molar-refractivity contribution in [1.82, 2.24) is 9.91 Å². The van der Waals surface area contributed by atoms with Crippen LogP contribution in [0.4, 0.5) is 4.79 Å². The Labute approximate surface area is 122 Å². The standard InChI is InChI=1S/C8H16N4O4.Na/c1-2-16-8(13)10-4-3-5-11(7-6-10)12(15)9-14;/h14H,2-7H2,1H3;/q;+1/p-1/b12-9-;. The molecule has 0 radical (unpaired) electrons. The van der Waals surface area contributed by atoms with Crippen molar-refractivity contribution in [2.45, 2.75) is 13.3 Å². The molecule has 1 rings (SSSR count). The fraction of sp³-hybridized carbons (Fsp3) is 0.875. The van der Waals surface area contributed by atoms with Crippen LogP contribution < -0.4 is 29.6 Å². The van der Waals surface area contributed by atoms with Crippen LogP contribution in [-0.4, -0.2) is 53.8 Å². The molecule has 1 heterocycles. The van der Waals surface area contributed by atoms with Crippen LogP contribution in [0.15, 0.2) is 5.28 Å². The average molecular weight is 254 g/mol. The zero-order valence-electron chi connectivity index (χ0n) is 10.2. The first-order valence-electron chi connectivity index (χ1n) is 5.16. The van der Waals surface area contributed by atoms with Crippen molar-refractivity contribution < 1.29 is 44.1 Å². The Bertz CT molecular complexity index is 276. The third-order valence-electron chi connectivity index (χ3n) is 2.31. The van der Waals surface area contributed by atoms with Crippen molar-refractivity contribution in [3.63, 3.8) is 0 Å². The first kappa shape index (κ1) is 16.3. The fourth-order valence-corrected chi connectivity index (χ4v) is 1.52. The second-order valence-electron chi connectivity index (χ2n) is 3.33. The number of hydrazine groups is 1. The summed E-state index contributed by atoms with van der Waals surface area (Å²) in [5, 5.41) is 24.5. The monoisotopic (exact) mass is 254 g/mol. The summed E-state index contributed by atoms with van der Waals surface area (Å²) in [6.45, 7) is 3.62. The molecule has 0 atom stereocenters. The molecule has 0 aromatic rings. The van der Waals surface area contributed by atoms with Gasteiger partial charge in [-0.3, -0.25) is 0 Å². The summed E-state index contributed by atoms with van der Waals surface area (Å²) in [4.78, 5) is 12.9. The number of hydrogen-bond acceptors (Lipinski definition) is 5. The van der Waals surface area contributed by atoms with Crippen molar-refractivity contribution in [3.05, 3.63) is 10.4 Å². The van der Waals surface area contributed by atoms with Crippen molar-refractivity contribution in [3.8, 4) is 0 Å². The molecule has 0 bridgehead atoms. The van der Waals surface area contributed by atoms with Crippen LogP contribution in [0.2, 0.25) is 0 Å². The Hall–Kier alpha value is -0.730. The number of carbonyl (C=O) groups excluding carboxylic acids is 1. The van der Waals surface area contributed by atoms with Gasteiger partial charge in [0.25, 0.3) is 0 Å². The summed E-state index contributed by atoms with van der Waals surface area (Å²) in [7, 11) is 0. The van der Waals surface area contributed by atoms with E-state index in [1.807, 2.05) is 0 Å². The number of nitrogens with zero attached hydrogens (tertiary/aromatic N) is 4. The molecule has 0 aromatic carbocycles. The predicted octanol–water partition coefficient (Wildman–Crippen LogP) is -2.47. The molecule has 1 saturated heterocycles. The molecule has 17 heavy (non-hydrogen) atoms. The molecule has 8 nitrogen and oxygen atoms in total. The van der Waals surface area contributed by atoms with Crippen LogP contribution in [0.3, 0.4) is 0 Å². The zero-order valence-corrected chi connectivity index (χ0v) is 12.2. The fourth-order valence-electron chi connectivity index (χ4n) is 1.52. The Kier molecular flexibility index (Phi) is 8.01. The summed E-state index contributed by atoms with van der Waals surface area (Å²) in [6, 6.07) is 0. The molecule has 1 aliphatic heterocycles. The van der Waals surface area contributed by atoms with Crippen LogP contribution in [0.1, 0.15) is 13.3 Å². The van der Waals surface area contributed by atoms with Gasteiger partial charge in [0, 0.05) is 18.1 Å². The van der Waals surface area contributed by atoms with E-state index in [4.69, 9.17) is 4.74 Å². The minimum atomic E-state index is -0.388. The molecule has 1 fully saturated rings. The zero-order chi connectivity index (χ0) is 12.0. The van der Waals surface area contributed by atoms with Gasteiger partial charge < -0.3 is 20.1 Å². The Morgan fingerprint density at radius 2 is 2.12 bits per heavy atom. The number of hydrogen-bond donors (Lipinski definition) is 0. The van der Waals surface area contributed by atoms with E-state index in [-0.39, 0.29) is 47.2 Å². The van der Waals surface area contributed by atoms with E-state index in [1.165, 1.54) is 9.91 Å². The van der Waals surface area contributed by atoms with Gasteiger partial charge in [-0.2, -0.15) is 0 Å². The van der Waals surface area contributed by atoms with Gasteiger partial charge in [0.15, 0.2) is 0 Å². The van der Waals surface area contributed by atoms with E-state index in [0.29, 0.717) is 32.7 Å². The van der Waals surface area contributed by atoms with Crippen LogP contribution in [0.25, 0.3) is 0 Å². The smallest absolute Gasteiger partial charge is 0.737 e. The van der Waals surface area contributed by atoms with Gasteiger partial charge in [0.2, 0.25) is 0 Å². The number of ether oxygens (including phenoxy) is 1. The average Bonchev–Trinajstić information content (AvgIpc) is 2.53. The Morgan fingerprint density at radius 3 is 2.71 bits per heavy atom. The number of carbonyl (C=O) groups is 1. The molecule has 0 aliphatic carbocycles. The third-order valence-corrected chi connectivity index (χ3v) is 2.31. The maximum absolute atomic E-state index is 11.4. The van der Waals surface area contributed by atoms with E-state index in [0.717, 1.165) is 0 Å². The van der Waals surface area contributed by atoms with Gasteiger partial charge in [-0.25, -0.2) is 4.79 Å². The molecule has 9 heteroatoms. The second-order valence-corrected chi connectivity index (χ2v) is 3.33. The van der Waals surface area contributed by atoms with Crippen molar-refractivity contribution in [2.75, 3.05) is 32.8 Å². The van der Waals surface area contributed by atoms with E-state index < -0.39 is 0 Å². The Balaban J connectivity index is 0.00000256. The molecule has 0 spiro atoms. The van der Waals surface area contributed by atoms with Gasteiger partial charge in [0.1, 0.15) is 0 Å². The number of rotatable bonds is 2. The van der Waals surface area contributed by atoms with Crippen molar-refractivity contribution in [2.24, 2.45) is 5.28 Å². The summed E-state index contributed by atoms with van der Waals surface area (Å²) >= 11 is 0. The molecule has 0 saturated carbocycles. The minimum absolute atomic E-state index is 0. The van der Waals surface area contributed by atoms with Crippen molar-refractivity contribution in [1.29, 1.82) is 0 Å². The van der Waals surface area contributed by atoms with Gasteiger partial charge in [-0.15, -0.1) is 5.01 Å². The first-order chi connectivity index (χ1) is 7.69. The normalized spacial score (nSPS) is 17.1. The van der Waals surface area contributed by atoms with E-state index >= 15 is 0 Å². The summed E-state index contributed by atoms with van der Waals surface area (Å²) in [6.07, 6.45) is 0.216. The largest absolute Gasteiger partial charge is 1.00 e. The predicted molar refractivity (Wildman–Crippen MR) is 54.2 cm³/mol. The van der Waals surface area contributed by atoms with E-state index in [1.54, 1.807) is 6.92 Å². The van der Waals surface area contributed by atoms with Crippen LogP contribution in [0.5, 0.6) is 0 Å². The third kappa shape index (κ3) is 4.97. The van der Waals surface area contributed by atoms with Crippen molar-refractivity contribution >= 4 is 6.09 Å². The Morgan fingerprint density at radius 1 is 1.41 bits per heavy atom. The van der Waals surface area contributed by atoms with Crippen LogP contribution in [0, 0.1) is 10.4 Å².